The number of hydrogen-bond donors (Lipinski definition) is 2. The molecule has 1 aliphatic rings. The first kappa shape index (κ1) is 11.8. The fraction of sp³-hybridized carbons (Fsp3) is 0.800. The van der Waals surface area contributed by atoms with E-state index < -0.39 is 5.97 Å². The van der Waals surface area contributed by atoms with E-state index in [1.54, 1.807) is 4.90 Å². The quantitative estimate of drug-likeness (QED) is 0.733. The van der Waals surface area contributed by atoms with Crippen LogP contribution in [-0.4, -0.2) is 41.6 Å². The molecule has 0 radical (unpaired) electrons. The Morgan fingerprint density at radius 3 is 2.87 bits per heavy atom. The van der Waals surface area contributed by atoms with Crippen molar-refractivity contribution in [1.82, 2.24) is 10.2 Å². The van der Waals surface area contributed by atoms with Gasteiger partial charge in [0.15, 0.2) is 0 Å². The molecule has 0 aromatic rings. The number of urea groups is 1. The summed E-state index contributed by atoms with van der Waals surface area (Å²) in [5.74, 6) is -0.670. The van der Waals surface area contributed by atoms with Crippen molar-refractivity contribution in [1.29, 1.82) is 0 Å². The van der Waals surface area contributed by atoms with E-state index in [0.717, 1.165) is 19.4 Å². The van der Waals surface area contributed by atoms with Crippen molar-refractivity contribution in [2.24, 2.45) is 5.92 Å². The van der Waals surface area contributed by atoms with Gasteiger partial charge >= 0.3 is 12.0 Å². The SMILES string of the molecule is CCNC(=O)N1CCCC(CC(=O)O)C1. The highest BCUT2D eigenvalue weighted by Gasteiger charge is 2.24. The summed E-state index contributed by atoms with van der Waals surface area (Å²) in [6, 6.07) is -0.0763. The second-order valence-electron chi connectivity index (χ2n) is 3.89. The number of hydrogen-bond acceptors (Lipinski definition) is 2. The van der Waals surface area contributed by atoms with Gasteiger partial charge in [0, 0.05) is 26.1 Å². The molecular weight excluding hydrogens is 196 g/mol. The number of rotatable bonds is 3. The van der Waals surface area contributed by atoms with E-state index in [0.29, 0.717) is 13.1 Å². The van der Waals surface area contributed by atoms with Crippen molar-refractivity contribution in [2.75, 3.05) is 19.6 Å². The summed E-state index contributed by atoms with van der Waals surface area (Å²) >= 11 is 0. The molecule has 1 atom stereocenters. The Morgan fingerprint density at radius 2 is 2.27 bits per heavy atom. The molecule has 1 fully saturated rings. The molecule has 0 saturated carbocycles. The first-order valence-electron chi connectivity index (χ1n) is 5.38. The van der Waals surface area contributed by atoms with Gasteiger partial charge in [-0.25, -0.2) is 4.79 Å². The second-order valence-corrected chi connectivity index (χ2v) is 3.89. The van der Waals surface area contributed by atoms with Crippen molar-refractivity contribution in [3.05, 3.63) is 0 Å². The average molecular weight is 214 g/mol. The van der Waals surface area contributed by atoms with Gasteiger partial charge < -0.3 is 15.3 Å². The number of amides is 2. The number of piperidine rings is 1. The van der Waals surface area contributed by atoms with E-state index in [4.69, 9.17) is 5.11 Å². The number of nitrogens with zero attached hydrogens (tertiary/aromatic N) is 1. The number of carboxylic acid groups (broad SMARTS) is 1. The largest absolute Gasteiger partial charge is 0.481 e. The van der Waals surface area contributed by atoms with Crippen LogP contribution in [0.4, 0.5) is 4.79 Å². The van der Waals surface area contributed by atoms with Crippen LogP contribution in [-0.2, 0) is 4.79 Å². The van der Waals surface area contributed by atoms with Gasteiger partial charge in [-0.1, -0.05) is 0 Å². The standard InChI is InChI=1S/C10H18N2O3/c1-2-11-10(15)12-5-3-4-8(7-12)6-9(13)14/h8H,2-7H2,1H3,(H,11,15)(H,13,14). The zero-order valence-corrected chi connectivity index (χ0v) is 9.03. The lowest BCUT2D eigenvalue weighted by Gasteiger charge is -2.31. The van der Waals surface area contributed by atoms with Gasteiger partial charge in [-0.05, 0) is 25.7 Å². The summed E-state index contributed by atoms with van der Waals surface area (Å²) in [6.45, 7) is 3.79. The van der Waals surface area contributed by atoms with Gasteiger partial charge in [0.25, 0.3) is 0 Å². The maximum absolute atomic E-state index is 11.5. The molecule has 1 saturated heterocycles. The minimum absolute atomic E-state index is 0.0763. The zero-order chi connectivity index (χ0) is 11.3. The number of carbonyl (C=O) groups excluding carboxylic acids is 1. The molecule has 0 bridgehead atoms. The third-order valence-electron chi connectivity index (χ3n) is 2.60. The van der Waals surface area contributed by atoms with Crippen molar-refractivity contribution >= 4 is 12.0 Å². The van der Waals surface area contributed by atoms with Crippen LogP contribution >= 0.6 is 0 Å². The first-order valence-corrected chi connectivity index (χ1v) is 5.38. The molecule has 86 valence electrons. The minimum Gasteiger partial charge on any atom is -0.481 e. The maximum atomic E-state index is 11.5. The lowest BCUT2D eigenvalue weighted by atomic mass is 9.95. The highest BCUT2D eigenvalue weighted by Crippen LogP contribution is 2.19. The number of carboxylic acids is 1. The highest BCUT2D eigenvalue weighted by atomic mass is 16.4. The van der Waals surface area contributed by atoms with Gasteiger partial charge in [-0.2, -0.15) is 0 Å². The minimum atomic E-state index is -0.780. The summed E-state index contributed by atoms with van der Waals surface area (Å²) in [5, 5.41) is 11.4. The molecule has 1 aliphatic heterocycles. The Bertz CT molecular complexity index is 243. The molecule has 1 heterocycles. The maximum Gasteiger partial charge on any atom is 0.317 e. The van der Waals surface area contributed by atoms with Crippen LogP contribution in [0.15, 0.2) is 0 Å². The normalized spacial score (nSPS) is 21.1. The summed E-state index contributed by atoms with van der Waals surface area (Å²) < 4.78 is 0. The topological polar surface area (TPSA) is 69.6 Å². The van der Waals surface area contributed by atoms with Crippen LogP contribution in [0.25, 0.3) is 0 Å². The Morgan fingerprint density at radius 1 is 1.53 bits per heavy atom. The van der Waals surface area contributed by atoms with Crippen LogP contribution in [0.3, 0.4) is 0 Å². The van der Waals surface area contributed by atoms with Crippen molar-refractivity contribution < 1.29 is 14.7 Å². The summed E-state index contributed by atoms with van der Waals surface area (Å²) in [5.41, 5.74) is 0. The van der Waals surface area contributed by atoms with Gasteiger partial charge in [0.1, 0.15) is 0 Å². The summed E-state index contributed by atoms with van der Waals surface area (Å²) in [4.78, 5) is 23.8. The fourth-order valence-corrected chi connectivity index (χ4v) is 1.93. The van der Waals surface area contributed by atoms with E-state index >= 15 is 0 Å². The van der Waals surface area contributed by atoms with E-state index in [9.17, 15) is 9.59 Å². The molecule has 1 rings (SSSR count). The van der Waals surface area contributed by atoms with E-state index in [-0.39, 0.29) is 18.4 Å². The molecule has 15 heavy (non-hydrogen) atoms. The van der Waals surface area contributed by atoms with Crippen molar-refractivity contribution in [2.45, 2.75) is 26.2 Å². The first-order chi connectivity index (χ1) is 7.13. The van der Waals surface area contributed by atoms with Crippen LogP contribution in [0.5, 0.6) is 0 Å². The molecule has 2 N–H and O–H groups in total. The van der Waals surface area contributed by atoms with Crippen molar-refractivity contribution in [3.8, 4) is 0 Å². The Labute approximate surface area is 89.4 Å². The van der Waals surface area contributed by atoms with E-state index in [1.807, 2.05) is 6.92 Å². The summed E-state index contributed by atoms with van der Waals surface area (Å²) in [6.07, 6.45) is 1.97. The van der Waals surface area contributed by atoms with Gasteiger partial charge in [0.2, 0.25) is 0 Å². The fourth-order valence-electron chi connectivity index (χ4n) is 1.93. The number of carbonyl (C=O) groups is 2. The van der Waals surface area contributed by atoms with E-state index in [2.05, 4.69) is 5.32 Å². The molecule has 5 heteroatoms. The smallest absolute Gasteiger partial charge is 0.317 e. The number of nitrogens with one attached hydrogen (secondary N) is 1. The monoisotopic (exact) mass is 214 g/mol. The Kier molecular flexibility index (Phi) is 4.39. The number of aliphatic carboxylic acids is 1. The Hall–Kier alpha value is -1.26. The summed E-state index contributed by atoms with van der Waals surface area (Å²) in [7, 11) is 0. The molecule has 0 aliphatic carbocycles. The zero-order valence-electron chi connectivity index (χ0n) is 9.03. The lowest BCUT2D eigenvalue weighted by molar-refractivity contribution is -0.138. The molecule has 0 aromatic heterocycles. The van der Waals surface area contributed by atoms with Crippen molar-refractivity contribution in [3.63, 3.8) is 0 Å². The van der Waals surface area contributed by atoms with Gasteiger partial charge in [-0.3, -0.25) is 4.79 Å². The second kappa shape index (κ2) is 5.58. The van der Waals surface area contributed by atoms with Gasteiger partial charge in [-0.15, -0.1) is 0 Å². The van der Waals surface area contributed by atoms with E-state index in [1.165, 1.54) is 0 Å². The molecule has 0 aromatic carbocycles. The average Bonchev–Trinajstić information content (AvgIpc) is 2.17. The molecule has 0 spiro atoms. The van der Waals surface area contributed by atoms with Crippen LogP contribution < -0.4 is 5.32 Å². The Balaban J connectivity index is 2.41. The third kappa shape index (κ3) is 3.77. The lowest BCUT2D eigenvalue weighted by Crippen LogP contribution is -2.45. The molecule has 5 nitrogen and oxygen atoms in total. The third-order valence-corrected chi connectivity index (χ3v) is 2.60. The van der Waals surface area contributed by atoms with Gasteiger partial charge in [0.05, 0.1) is 0 Å². The van der Waals surface area contributed by atoms with Crippen LogP contribution in [0.1, 0.15) is 26.2 Å². The van der Waals surface area contributed by atoms with Crippen LogP contribution in [0, 0.1) is 5.92 Å². The highest BCUT2D eigenvalue weighted by molar-refractivity contribution is 5.74. The number of likely N-dealkylation sites (tertiary alicyclic amines) is 1. The molecule has 2 amide bonds. The predicted molar refractivity (Wildman–Crippen MR) is 55.6 cm³/mol. The van der Waals surface area contributed by atoms with Crippen LogP contribution in [0.2, 0.25) is 0 Å². The molecule has 1 unspecified atom stereocenters. The predicted octanol–water partition coefficient (Wildman–Crippen LogP) is 0.903. The molecular formula is C10H18N2O3.